The third kappa shape index (κ3) is 3.62. The topological polar surface area (TPSA) is 17.8 Å². The number of nitrogens with zero attached hydrogens (tertiary/aromatic N) is 2. The SMILES string of the molecule is [2H]c1c([2H])c([2H])c(-c2ccc3c(-n4c(C([2H])([2H])[2H])nc5ccccc54)c4ccccc4c(-c4cccc5sc6ccccc6c45)c3c2)c([2H])c1[2H]. The second-order valence-electron chi connectivity index (χ2n) is 10.6. The number of hydrogen-bond donors (Lipinski definition) is 0. The smallest absolute Gasteiger partial charge is 0.111 e. The average Bonchev–Trinajstić information content (AvgIpc) is 3.72. The molecule has 2 aromatic heterocycles. The van der Waals surface area contributed by atoms with Gasteiger partial charge in [-0.15, -0.1) is 11.3 Å². The van der Waals surface area contributed by atoms with E-state index in [9.17, 15) is 0 Å². The first kappa shape index (κ1) is 17.6. The van der Waals surface area contributed by atoms with Crippen molar-refractivity contribution in [2.75, 3.05) is 0 Å². The maximum absolute atomic E-state index is 8.80. The zero-order valence-corrected chi connectivity index (χ0v) is 23.5. The van der Waals surface area contributed by atoms with Crippen molar-refractivity contribution in [3.63, 3.8) is 0 Å². The summed E-state index contributed by atoms with van der Waals surface area (Å²) in [5.74, 6) is -0.0662. The minimum atomic E-state index is -2.54. The molecule has 0 aliphatic rings. The summed E-state index contributed by atoms with van der Waals surface area (Å²) in [6.45, 7) is -2.54. The van der Waals surface area contributed by atoms with Crippen LogP contribution in [0.1, 0.15) is 16.8 Å². The molecule has 0 aliphatic heterocycles. The molecule has 2 nitrogen and oxygen atoms in total. The van der Waals surface area contributed by atoms with E-state index >= 15 is 0 Å². The predicted molar refractivity (Wildman–Crippen MR) is 185 cm³/mol. The molecule has 3 heteroatoms. The van der Waals surface area contributed by atoms with Crippen molar-refractivity contribution in [1.82, 2.24) is 9.55 Å². The van der Waals surface area contributed by atoms with Gasteiger partial charge in [-0.05, 0) is 70.2 Å². The first-order chi connectivity index (χ1) is 24.5. The van der Waals surface area contributed by atoms with Gasteiger partial charge in [0.1, 0.15) is 5.82 Å². The van der Waals surface area contributed by atoms with Crippen molar-refractivity contribution in [2.45, 2.75) is 6.85 Å². The van der Waals surface area contributed by atoms with Gasteiger partial charge in [0.15, 0.2) is 0 Å². The highest BCUT2D eigenvalue weighted by molar-refractivity contribution is 7.25. The van der Waals surface area contributed by atoms with E-state index in [0.717, 1.165) is 52.8 Å². The Balaban J connectivity index is 1.52. The molecular formula is C40H26N2S. The molecule has 0 aliphatic carbocycles. The quantitative estimate of drug-likeness (QED) is 0.192. The van der Waals surface area contributed by atoms with E-state index in [1.165, 1.54) is 0 Å². The van der Waals surface area contributed by atoms with Gasteiger partial charge in [-0.3, -0.25) is 4.57 Å². The second kappa shape index (κ2) is 9.38. The van der Waals surface area contributed by atoms with Gasteiger partial charge in [0.25, 0.3) is 0 Å². The van der Waals surface area contributed by atoms with Gasteiger partial charge in [-0.1, -0.05) is 109 Å². The van der Waals surface area contributed by atoms with Crippen molar-refractivity contribution in [1.29, 1.82) is 0 Å². The maximum atomic E-state index is 8.80. The highest BCUT2D eigenvalue weighted by atomic mass is 32.1. The molecule has 0 N–H and O–H groups in total. The number of thiophene rings is 1. The van der Waals surface area contributed by atoms with Crippen molar-refractivity contribution >= 4 is 64.1 Å². The summed E-state index contributed by atoms with van der Waals surface area (Å²) in [7, 11) is 0. The zero-order chi connectivity index (χ0) is 35.3. The summed E-state index contributed by atoms with van der Waals surface area (Å²) in [5, 5.41) is 5.36. The number of rotatable bonds is 3. The van der Waals surface area contributed by atoms with E-state index in [1.54, 1.807) is 28.0 Å². The largest absolute Gasteiger partial charge is 0.295 e. The fourth-order valence-electron chi connectivity index (χ4n) is 6.47. The van der Waals surface area contributed by atoms with Crippen LogP contribution in [0.3, 0.4) is 0 Å². The van der Waals surface area contributed by atoms with Crippen molar-refractivity contribution in [3.05, 3.63) is 145 Å². The van der Waals surface area contributed by atoms with E-state index in [4.69, 9.17) is 11.0 Å². The molecular weight excluding hydrogens is 541 g/mol. The predicted octanol–water partition coefficient (Wildman–Crippen LogP) is 11.3. The van der Waals surface area contributed by atoms with Crippen LogP contribution in [0.5, 0.6) is 0 Å². The Morgan fingerprint density at radius 2 is 1.40 bits per heavy atom. The Morgan fingerprint density at radius 3 is 2.28 bits per heavy atom. The Morgan fingerprint density at radius 1 is 0.651 bits per heavy atom. The zero-order valence-electron chi connectivity index (χ0n) is 30.7. The lowest BCUT2D eigenvalue weighted by Gasteiger charge is -2.20. The number of fused-ring (bicyclic) bond motifs is 6. The van der Waals surface area contributed by atoms with Crippen LogP contribution >= 0.6 is 11.3 Å². The van der Waals surface area contributed by atoms with Crippen LogP contribution in [-0.2, 0) is 0 Å². The van der Waals surface area contributed by atoms with Crippen LogP contribution in [0, 0.1) is 6.85 Å². The molecule has 0 saturated heterocycles. The molecule has 7 aromatic carbocycles. The van der Waals surface area contributed by atoms with Gasteiger partial charge in [0.2, 0.25) is 0 Å². The number of aromatic nitrogens is 2. The minimum Gasteiger partial charge on any atom is -0.295 e. The summed E-state index contributed by atoms with van der Waals surface area (Å²) >= 11 is 1.71. The molecule has 202 valence electrons. The minimum absolute atomic E-state index is 0.0662. The van der Waals surface area contributed by atoms with Gasteiger partial charge in [-0.25, -0.2) is 4.98 Å². The van der Waals surface area contributed by atoms with Gasteiger partial charge in [0, 0.05) is 35.1 Å². The Labute approximate surface area is 264 Å². The van der Waals surface area contributed by atoms with Crippen LogP contribution < -0.4 is 0 Å². The number of para-hydroxylation sites is 2. The third-order valence-corrected chi connectivity index (χ3v) is 9.38. The van der Waals surface area contributed by atoms with Gasteiger partial charge >= 0.3 is 0 Å². The summed E-state index contributed by atoms with van der Waals surface area (Å²) in [6.07, 6.45) is 0. The Bertz CT molecular complexity index is 2890. The van der Waals surface area contributed by atoms with E-state index in [-0.39, 0.29) is 23.5 Å². The molecule has 9 aromatic rings. The highest BCUT2D eigenvalue weighted by Crippen LogP contribution is 2.47. The molecule has 0 bridgehead atoms. The number of imidazole rings is 1. The van der Waals surface area contributed by atoms with E-state index in [0.29, 0.717) is 22.3 Å². The average molecular weight is 575 g/mol. The summed E-state index contributed by atoms with van der Waals surface area (Å²) < 4.78 is 72.2. The Hall–Kier alpha value is -5.25. The molecule has 0 spiro atoms. The van der Waals surface area contributed by atoms with Crippen LogP contribution in [-0.4, -0.2) is 9.55 Å². The first-order valence-corrected chi connectivity index (χ1v) is 14.8. The van der Waals surface area contributed by atoms with Crippen LogP contribution in [0.15, 0.2) is 139 Å². The van der Waals surface area contributed by atoms with Crippen molar-refractivity contribution < 1.29 is 11.0 Å². The molecule has 9 rings (SSSR count). The normalized spacial score (nSPS) is 14.8. The molecule has 0 amide bonds. The summed E-state index contributed by atoms with van der Waals surface area (Å²) in [4.78, 5) is 4.63. The lowest BCUT2D eigenvalue weighted by atomic mass is 9.87. The standard InChI is InChI=1S/C40H26N2S/c1-25-41-34-18-8-9-19-35(34)42(25)40-29-15-6-5-14-28(29)38(33-24-27(22-23-30(33)40)26-12-3-2-4-13-26)32-17-11-21-37-39(32)31-16-7-10-20-36(31)43-37/h2-24H,1H3/i1D3,2D,3D,4D,12D,13D. The van der Waals surface area contributed by atoms with Gasteiger partial charge in [-0.2, -0.15) is 0 Å². The van der Waals surface area contributed by atoms with Crippen LogP contribution in [0.4, 0.5) is 0 Å². The summed E-state index contributed by atoms with van der Waals surface area (Å²) in [6, 6.07) is 33.5. The number of aryl methyl sites for hydroxylation is 1. The third-order valence-electron chi connectivity index (χ3n) is 8.24. The van der Waals surface area contributed by atoms with Crippen molar-refractivity contribution in [2.24, 2.45) is 0 Å². The molecule has 0 fully saturated rings. The monoisotopic (exact) mass is 574 g/mol. The molecule has 0 radical (unpaired) electrons. The van der Waals surface area contributed by atoms with Gasteiger partial charge < -0.3 is 0 Å². The molecule has 43 heavy (non-hydrogen) atoms. The van der Waals surface area contributed by atoms with Gasteiger partial charge in [0.05, 0.1) is 23.6 Å². The fourth-order valence-corrected chi connectivity index (χ4v) is 7.60. The molecule has 0 unspecified atom stereocenters. The van der Waals surface area contributed by atoms with Crippen LogP contribution in [0.25, 0.3) is 80.7 Å². The van der Waals surface area contributed by atoms with E-state index in [2.05, 4.69) is 29.2 Å². The van der Waals surface area contributed by atoms with E-state index in [1.807, 2.05) is 72.8 Å². The summed E-state index contributed by atoms with van der Waals surface area (Å²) in [5.41, 5.74) is 4.25. The number of hydrogen-bond acceptors (Lipinski definition) is 2. The first-order valence-electron chi connectivity index (χ1n) is 18.0. The van der Waals surface area contributed by atoms with Crippen molar-refractivity contribution in [3.8, 4) is 27.9 Å². The van der Waals surface area contributed by atoms with E-state index < -0.39 is 25.0 Å². The molecule has 2 heterocycles. The number of benzene rings is 7. The maximum Gasteiger partial charge on any atom is 0.111 e. The molecule has 0 saturated carbocycles. The lowest BCUT2D eigenvalue weighted by molar-refractivity contribution is 1.02. The lowest BCUT2D eigenvalue weighted by Crippen LogP contribution is -2.01. The Kier molecular flexibility index (Phi) is 3.85. The highest BCUT2D eigenvalue weighted by Gasteiger charge is 2.22. The fraction of sp³-hybridized carbons (Fsp3) is 0.0250. The van der Waals surface area contributed by atoms with Crippen LogP contribution in [0.2, 0.25) is 0 Å². The molecule has 0 atom stereocenters. The second-order valence-corrected chi connectivity index (χ2v) is 11.6.